The summed E-state index contributed by atoms with van der Waals surface area (Å²) in [5.41, 5.74) is -0.375. The molecule has 130 valence electrons. The number of benzene rings is 1. The van der Waals surface area contributed by atoms with Crippen LogP contribution in [0.5, 0.6) is 0 Å². The van der Waals surface area contributed by atoms with Gasteiger partial charge in [0.05, 0.1) is 31.7 Å². The predicted molar refractivity (Wildman–Crippen MR) is 87.7 cm³/mol. The molecule has 7 nitrogen and oxygen atoms in total. The monoisotopic (exact) mass is 346 g/mol. The topological polar surface area (TPSA) is 86.6 Å². The highest BCUT2D eigenvalue weighted by atomic mass is 19.1. The minimum atomic E-state index is -0.867. The molecule has 25 heavy (non-hydrogen) atoms. The Balaban J connectivity index is 2.35. The number of nitrogens with zero attached hydrogens (tertiary/aromatic N) is 1. The first-order valence-corrected chi connectivity index (χ1v) is 7.09. The third-order valence-electron chi connectivity index (χ3n) is 3.19. The van der Waals surface area contributed by atoms with Gasteiger partial charge in [0.1, 0.15) is 11.5 Å². The van der Waals surface area contributed by atoms with E-state index in [2.05, 4.69) is 14.8 Å². The first kappa shape index (κ1) is 17.9. The number of carbonyl (C=O) groups is 2. The van der Waals surface area contributed by atoms with Crippen molar-refractivity contribution in [3.05, 3.63) is 70.5 Å². The Hall–Kier alpha value is -3.42. The fraction of sp³-hybridized carbons (Fsp3) is 0.118. The molecular weight excluding hydrogens is 331 g/mol. The molecule has 0 atom stereocenters. The van der Waals surface area contributed by atoms with Crippen molar-refractivity contribution in [1.82, 2.24) is 4.57 Å². The molecule has 0 aliphatic rings. The van der Waals surface area contributed by atoms with Crippen LogP contribution in [0.2, 0.25) is 0 Å². The maximum atomic E-state index is 14.3. The second-order valence-corrected chi connectivity index (χ2v) is 4.77. The van der Waals surface area contributed by atoms with Crippen LogP contribution in [0.25, 0.3) is 5.69 Å². The van der Waals surface area contributed by atoms with Crippen molar-refractivity contribution in [2.45, 2.75) is 0 Å². The summed E-state index contributed by atoms with van der Waals surface area (Å²) in [6.45, 7) is 0. The van der Waals surface area contributed by atoms with E-state index in [1.807, 2.05) is 0 Å². The summed E-state index contributed by atoms with van der Waals surface area (Å²) in [5, 5.41) is 2.48. The highest BCUT2D eigenvalue weighted by Crippen LogP contribution is 2.19. The van der Waals surface area contributed by atoms with E-state index >= 15 is 0 Å². The Kier molecular flexibility index (Phi) is 5.67. The number of methoxy groups -OCH3 is 2. The van der Waals surface area contributed by atoms with Gasteiger partial charge >= 0.3 is 11.9 Å². The van der Waals surface area contributed by atoms with E-state index in [9.17, 15) is 18.8 Å². The molecule has 1 aromatic heterocycles. The summed E-state index contributed by atoms with van der Waals surface area (Å²) in [7, 11) is 2.26. The first-order valence-electron chi connectivity index (χ1n) is 7.09. The number of carbonyl (C=O) groups excluding carboxylic acids is 2. The van der Waals surface area contributed by atoms with Crippen molar-refractivity contribution in [3.8, 4) is 5.69 Å². The van der Waals surface area contributed by atoms with Gasteiger partial charge in [-0.15, -0.1) is 0 Å². The Labute approximate surface area is 142 Å². The van der Waals surface area contributed by atoms with Crippen LogP contribution < -0.4 is 10.9 Å². The van der Waals surface area contributed by atoms with Crippen molar-refractivity contribution < 1.29 is 23.5 Å². The third-order valence-corrected chi connectivity index (χ3v) is 3.19. The van der Waals surface area contributed by atoms with Crippen LogP contribution in [-0.4, -0.2) is 30.7 Å². The molecule has 0 fully saturated rings. The predicted octanol–water partition coefficient (Wildman–Crippen LogP) is 1.62. The number of esters is 2. The van der Waals surface area contributed by atoms with Crippen molar-refractivity contribution in [2.24, 2.45) is 0 Å². The maximum absolute atomic E-state index is 14.3. The van der Waals surface area contributed by atoms with E-state index in [0.29, 0.717) is 5.69 Å². The SMILES string of the molecule is COC(=O)/C=C(/Nc1ccc(-n2ccccc2=O)cc1F)C(=O)OC. The molecule has 0 aliphatic heterocycles. The van der Waals surface area contributed by atoms with Crippen LogP contribution in [-0.2, 0) is 19.1 Å². The number of pyridine rings is 1. The number of anilines is 1. The molecule has 0 aliphatic carbocycles. The summed E-state index contributed by atoms with van der Waals surface area (Å²) in [4.78, 5) is 34.8. The average molecular weight is 346 g/mol. The van der Waals surface area contributed by atoms with E-state index in [1.54, 1.807) is 12.1 Å². The largest absolute Gasteiger partial charge is 0.466 e. The number of aromatic nitrogens is 1. The number of hydrogen-bond donors (Lipinski definition) is 1. The van der Waals surface area contributed by atoms with Crippen LogP contribution in [0, 0.1) is 5.82 Å². The van der Waals surface area contributed by atoms with Crippen LogP contribution in [0.3, 0.4) is 0 Å². The molecule has 0 unspecified atom stereocenters. The fourth-order valence-electron chi connectivity index (χ4n) is 1.97. The van der Waals surface area contributed by atoms with Crippen molar-refractivity contribution in [3.63, 3.8) is 0 Å². The number of ether oxygens (including phenoxy) is 2. The second-order valence-electron chi connectivity index (χ2n) is 4.77. The molecule has 1 N–H and O–H groups in total. The number of rotatable bonds is 5. The molecule has 0 bridgehead atoms. The van der Waals surface area contributed by atoms with Gasteiger partial charge in [0.25, 0.3) is 5.56 Å². The average Bonchev–Trinajstić information content (AvgIpc) is 2.62. The standard InChI is InChI=1S/C17H15FN2O5/c1-24-16(22)10-14(17(23)25-2)19-13-7-6-11(9-12(13)18)20-8-4-3-5-15(20)21/h3-10,19H,1-2H3/b14-10+. The third kappa shape index (κ3) is 4.31. The second kappa shape index (κ2) is 7.91. The van der Waals surface area contributed by atoms with Crippen LogP contribution in [0.1, 0.15) is 0 Å². The zero-order valence-corrected chi connectivity index (χ0v) is 13.5. The van der Waals surface area contributed by atoms with Gasteiger partial charge in [0.2, 0.25) is 0 Å². The van der Waals surface area contributed by atoms with Gasteiger partial charge in [-0.25, -0.2) is 14.0 Å². The quantitative estimate of drug-likeness (QED) is 0.654. The van der Waals surface area contributed by atoms with E-state index in [1.165, 1.54) is 29.0 Å². The molecule has 0 saturated heterocycles. The van der Waals surface area contributed by atoms with E-state index in [0.717, 1.165) is 26.4 Å². The zero-order valence-electron chi connectivity index (χ0n) is 13.5. The highest BCUT2D eigenvalue weighted by molar-refractivity contribution is 5.98. The molecule has 0 spiro atoms. The molecule has 8 heteroatoms. The molecule has 0 amide bonds. The first-order chi connectivity index (χ1) is 12.0. The normalized spacial score (nSPS) is 10.9. The lowest BCUT2D eigenvalue weighted by Crippen LogP contribution is -2.17. The van der Waals surface area contributed by atoms with Gasteiger partial charge in [-0.05, 0) is 18.2 Å². The Morgan fingerprint density at radius 2 is 1.92 bits per heavy atom. The minimum Gasteiger partial charge on any atom is -0.466 e. The Morgan fingerprint density at radius 1 is 1.16 bits per heavy atom. The van der Waals surface area contributed by atoms with Gasteiger partial charge < -0.3 is 14.8 Å². The Morgan fingerprint density at radius 3 is 2.52 bits per heavy atom. The lowest BCUT2D eigenvalue weighted by Gasteiger charge is -2.12. The van der Waals surface area contributed by atoms with Gasteiger partial charge in [-0.3, -0.25) is 9.36 Å². The van der Waals surface area contributed by atoms with E-state index < -0.39 is 17.8 Å². The smallest absolute Gasteiger partial charge is 0.354 e. The molecule has 0 saturated carbocycles. The van der Waals surface area contributed by atoms with E-state index in [4.69, 9.17) is 0 Å². The van der Waals surface area contributed by atoms with E-state index in [-0.39, 0.29) is 16.9 Å². The van der Waals surface area contributed by atoms with Gasteiger partial charge in [0, 0.05) is 18.3 Å². The number of halogens is 1. The lowest BCUT2D eigenvalue weighted by atomic mass is 10.2. The molecular formula is C17H15FN2O5. The van der Waals surface area contributed by atoms with Crippen molar-refractivity contribution in [2.75, 3.05) is 19.5 Å². The highest BCUT2D eigenvalue weighted by Gasteiger charge is 2.15. The van der Waals surface area contributed by atoms with Crippen LogP contribution in [0.15, 0.2) is 59.2 Å². The van der Waals surface area contributed by atoms with Gasteiger partial charge in [0.15, 0.2) is 0 Å². The van der Waals surface area contributed by atoms with Gasteiger partial charge in [-0.2, -0.15) is 0 Å². The lowest BCUT2D eigenvalue weighted by molar-refractivity contribution is -0.138. The Bertz CT molecular complexity index is 889. The molecule has 2 rings (SSSR count). The summed E-state index contributed by atoms with van der Waals surface area (Å²) in [6.07, 6.45) is 2.35. The van der Waals surface area contributed by atoms with Crippen LogP contribution in [0.4, 0.5) is 10.1 Å². The molecule has 1 aromatic carbocycles. The van der Waals surface area contributed by atoms with Crippen molar-refractivity contribution in [1.29, 1.82) is 0 Å². The number of nitrogens with one attached hydrogen (secondary N) is 1. The molecule has 2 aromatic rings. The summed E-state index contributed by atoms with van der Waals surface area (Å²) < 4.78 is 24.6. The summed E-state index contributed by atoms with van der Waals surface area (Å²) in [5.74, 6) is -2.40. The molecule has 0 radical (unpaired) electrons. The minimum absolute atomic E-state index is 0.0757. The summed E-state index contributed by atoms with van der Waals surface area (Å²) in [6, 6.07) is 8.50. The molecule has 1 heterocycles. The van der Waals surface area contributed by atoms with Crippen LogP contribution >= 0.6 is 0 Å². The number of hydrogen-bond acceptors (Lipinski definition) is 6. The maximum Gasteiger partial charge on any atom is 0.354 e. The summed E-state index contributed by atoms with van der Waals surface area (Å²) >= 11 is 0. The van der Waals surface area contributed by atoms with Gasteiger partial charge in [-0.1, -0.05) is 6.07 Å². The van der Waals surface area contributed by atoms with Crippen molar-refractivity contribution >= 4 is 17.6 Å². The zero-order chi connectivity index (χ0) is 18.4. The fourth-order valence-corrected chi connectivity index (χ4v) is 1.97.